The van der Waals surface area contributed by atoms with E-state index in [4.69, 9.17) is 9.15 Å². The van der Waals surface area contributed by atoms with Crippen molar-refractivity contribution in [2.75, 3.05) is 19.7 Å². The maximum atomic E-state index is 11.5. The fourth-order valence-electron chi connectivity index (χ4n) is 2.14. The number of carbonyl (C=O) groups excluding carboxylic acids is 1. The van der Waals surface area contributed by atoms with Gasteiger partial charge in [0.25, 0.3) is 0 Å². The maximum Gasteiger partial charge on any atom is 0.409 e. The van der Waals surface area contributed by atoms with Gasteiger partial charge in [-0.3, -0.25) is 0 Å². The number of hydrogen-bond donors (Lipinski definition) is 1. The van der Waals surface area contributed by atoms with Crippen molar-refractivity contribution in [3.63, 3.8) is 0 Å². The third-order valence-electron chi connectivity index (χ3n) is 3.17. The minimum atomic E-state index is -0.193. The number of ether oxygens (including phenoxy) is 1. The summed E-state index contributed by atoms with van der Waals surface area (Å²) in [6, 6.07) is 4.29. The van der Waals surface area contributed by atoms with Crippen LogP contribution in [0.1, 0.15) is 25.5 Å². The number of furan rings is 1. The summed E-state index contributed by atoms with van der Waals surface area (Å²) in [6.07, 6.45) is 3.40. The number of piperidine rings is 1. The van der Waals surface area contributed by atoms with E-state index in [-0.39, 0.29) is 6.09 Å². The van der Waals surface area contributed by atoms with Crippen molar-refractivity contribution in [2.45, 2.75) is 32.4 Å². The lowest BCUT2D eigenvalue weighted by atomic mass is 10.1. The molecule has 0 saturated carbocycles. The number of likely N-dealkylation sites (tertiary alicyclic amines) is 1. The summed E-state index contributed by atoms with van der Waals surface area (Å²) in [6.45, 7) is 4.53. The molecule has 0 radical (unpaired) electrons. The van der Waals surface area contributed by atoms with Crippen molar-refractivity contribution in [2.24, 2.45) is 0 Å². The van der Waals surface area contributed by atoms with Crippen LogP contribution in [0.5, 0.6) is 0 Å². The first kappa shape index (κ1) is 13.0. The van der Waals surface area contributed by atoms with Gasteiger partial charge in [0.1, 0.15) is 5.76 Å². The molecule has 1 fully saturated rings. The third-order valence-corrected chi connectivity index (χ3v) is 3.17. The SMILES string of the molecule is CCOC(=O)N1CCC(NCc2ccco2)CC1. The van der Waals surface area contributed by atoms with Gasteiger partial charge >= 0.3 is 6.09 Å². The Bertz CT molecular complexity index is 356. The number of nitrogens with one attached hydrogen (secondary N) is 1. The molecule has 5 nitrogen and oxygen atoms in total. The molecule has 1 aromatic rings. The lowest BCUT2D eigenvalue weighted by Crippen LogP contribution is -2.44. The first-order chi connectivity index (χ1) is 8.79. The minimum absolute atomic E-state index is 0.193. The highest BCUT2D eigenvalue weighted by Gasteiger charge is 2.23. The Balaban J connectivity index is 1.68. The molecule has 100 valence electrons. The number of nitrogens with zero attached hydrogens (tertiary/aromatic N) is 1. The monoisotopic (exact) mass is 252 g/mol. The molecule has 1 aliphatic rings. The van der Waals surface area contributed by atoms with E-state index in [0.29, 0.717) is 12.6 Å². The van der Waals surface area contributed by atoms with Crippen LogP contribution in [-0.4, -0.2) is 36.7 Å². The molecule has 0 spiro atoms. The van der Waals surface area contributed by atoms with E-state index in [1.165, 1.54) is 0 Å². The van der Waals surface area contributed by atoms with Crippen molar-refractivity contribution in [1.82, 2.24) is 10.2 Å². The van der Waals surface area contributed by atoms with Gasteiger partial charge in [0, 0.05) is 19.1 Å². The topological polar surface area (TPSA) is 54.7 Å². The number of amides is 1. The Morgan fingerprint density at radius 3 is 2.94 bits per heavy atom. The summed E-state index contributed by atoms with van der Waals surface area (Å²) in [5, 5.41) is 3.44. The summed E-state index contributed by atoms with van der Waals surface area (Å²) in [5.74, 6) is 0.947. The maximum absolute atomic E-state index is 11.5. The van der Waals surface area contributed by atoms with Crippen molar-refractivity contribution in [3.05, 3.63) is 24.2 Å². The third kappa shape index (κ3) is 3.50. The van der Waals surface area contributed by atoms with E-state index in [2.05, 4.69) is 5.32 Å². The van der Waals surface area contributed by atoms with E-state index in [1.807, 2.05) is 19.1 Å². The van der Waals surface area contributed by atoms with E-state index in [9.17, 15) is 4.79 Å². The highest BCUT2D eigenvalue weighted by Crippen LogP contribution is 2.12. The zero-order valence-electron chi connectivity index (χ0n) is 10.7. The zero-order valence-corrected chi connectivity index (χ0v) is 10.7. The second-order valence-corrected chi connectivity index (χ2v) is 4.42. The first-order valence-corrected chi connectivity index (χ1v) is 6.47. The molecule has 2 heterocycles. The van der Waals surface area contributed by atoms with Gasteiger partial charge < -0.3 is 19.4 Å². The largest absolute Gasteiger partial charge is 0.468 e. The van der Waals surface area contributed by atoms with Crippen LogP contribution in [0.2, 0.25) is 0 Å². The summed E-state index contributed by atoms with van der Waals surface area (Å²) >= 11 is 0. The van der Waals surface area contributed by atoms with Gasteiger partial charge in [-0.05, 0) is 31.9 Å². The van der Waals surface area contributed by atoms with E-state index < -0.39 is 0 Å². The molecule has 2 rings (SSSR count). The van der Waals surface area contributed by atoms with Gasteiger partial charge in [-0.2, -0.15) is 0 Å². The number of hydrogen-bond acceptors (Lipinski definition) is 4. The number of rotatable bonds is 4. The highest BCUT2D eigenvalue weighted by molar-refractivity contribution is 5.67. The van der Waals surface area contributed by atoms with Gasteiger partial charge in [-0.15, -0.1) is 0 Å². The van der Waals surface area contributed by atoms with Gasteiger partial charge in [-0.1, -0.05) is 0 Å². The predicted molar refractivity (Wildman–Crippen MR) is 67.2 cm³/mol. The van der Waals surface area contributed by atoms with Crippen LogP contribution in [0.25, 0.3) is 0 Å². The fraction of sp³-hybridized carbons (Fsp3) is 0.615. The standard InChI is InChI=1S/C13H20N2O3/c1-2-17-13(16)15-7-5-11(6-8-15)14-10-12-4-3-9-18-12/h3-4,9,11,14H,2,5-8,10H2,1H3. The predicted octanol–water partition coefficient (Wildman–Crippen LogP) is 1.99. The molecule has 0 aromatic carbocycles. The van der Waals surface area contributed by atoms with Crippen LogP contribution in [0.15, 0.2) is 22.8 Å². The molecule has 18 heavy (non-hydrogen) atoms. The van der Waals surface area contributed by atoms with Gasteiger partial charge in [-0.25, -0.2) is 4.79 Å². The molecule has 1 amide bonds. The van der Waals surface area contributed by atoms with Crippen LogP contribution >= 0.6 is 0 Å². The summed E-state index contributed by atoms with van der Waals surface area (Å²) < 4.78 is 10.3. The molecular weight excluding hydrogens is 232 g/mol. The van der Waals surface area contributed by atoms with Gasteiger partial charge in [0.2, 0.25) is 0 Å². The summed E-state index contributed by atoms with van der Waals surface area (Å²) in [7, 11) is 0. The summed E-state index contributed by atoms with van der Waals surface area (Å²) in [5.41, 5.74) is 0. The normalized spacial score (nSPS) is 16.8. The Kier molecular flexibility index (Phi) is 4.64. The molecule has 0 unspecified atom stereocenters. The van der Waals surface area contributed by atoms with Crippen LogP contribution in [-0.2, 0) is 11.3 Å². The van der Waals surface area contributed by atoms with Crippen molar-refractivity contribution < 1.29 is 13.9 Å². The molecular formula is C13H20N2O3. The molecule has 1 aromatic heterocycles. The molecule has 1 saturated heterocycles. The van der Waals surface area contributed by atoms with Crippen molar-refractivity contribution >= 4 is 6.09 Å². The molecule has 1 N–H and O–H groups in total. The highest BCUT2D eigenvalue weighted by atomic mass is 16.6. The lowest BCUT2D eigenvalue weighted by Gasteiger charge is -2.31. The first-order valence-electron chi connectivity index (χ1n) is 6.47. The second-order valence-electron chi connectivity index (χ2n) is 4.42. The van der Waals surface area contributed by atoms with Crippen molar-refractivity contribution in [3.8, 4) is 0 Å². The summed E-state index contributed by atoms with van der Waals surface area (Å²) in [4.78, 5) is 13.3. The average Bonchev–Trinajstić information content (AvgIpc) is 2.90. The van der Waals surface area contributed by atoms with E-state index in [0.717, 1.165) is 38.2 Å². The Hall–Kier alpha value is -1.49. The van der Waals surface area contributed by atoms with Crippen LogP contribution < -0.4 is 5.32 Å². The Morgan fingerprint density at radius 1 is 1.56 bits per heavy atom. The molecule has 5 heteroatoms. The van der Waals surface area contributed by atoms with Crippen LogP contribution in [0.4, 0.5) is 4.79 Å². The minimum Gasteiger partial charge on any atom is -0.468 e. The smallest absolute Gasteiger partial charge is 0.409 e. The number of carbonyl (C=O) groups is 1. The van der Waals surface area contributed by atoms with Gasteiger partial charge in [0.05, 0.1) is 19.4 Å². The molecule has 0 atom stereocenters. The second kappa shape index (κ2) is 6.44. The van der Waals surface area contributed by atoms with Gasteiger partial charge in [0.15, 0.2) is 0 Å². The Morgan fingerprint density at radius 2 is 2.33 bits per heavy atom. The van der Waals surface area contributed by atoms with Crippen LogP contribution in [0.3, 0.4) is 0 Å². The van der Waals surface area contributed by atoms with Crippen LogP contribution in [0, 0.1) is 0 Å². The fourth-order valence-corrected chi connectivity index (χ4v) is 2.14. The average molecular weight is 252 g/mol. The zero-order chi connectivity index (χ0) is 12.8. The molecule has 1 aliphatic heterocycles. The molecule has 0 aliphatic carbocycles. The van der Waals surface area contributed by atoms with Crippen molar-refractivity contribution in [1.29, 1.82) is 0 Å². The lowest BCUT2D eigenvalue weighted by molar-refractivity contribution is 0.0948. The van der Waals surface area contributed by atoms with E-state index >= 15 is 0 Å². The quantitative estimate of drug-likeness (QED) is 0.890. The Labute approximate surface area is 107 Å². The molecule has 0 bridgehead atoms. The van der Waals surface area contributed by atoms with E-state index in [1.54, 1.807) is 11.2 Å².